The predicted molar refractivity (Wildman–Crippen MR) is 122 cm³/mol. The number of benzene rings is 2. The van der Waals surface area contributed by atoms with Crippen molar-refractivity contribution in [2.24, 2.45) is 0 Å². The lowest BCUT2D eigenvalue weighted by atomic mass is 10.1. The number of hydrogen-bond donors (Lipinski definition) is 2. The van der Waals surface area contributed by atoms with Gasteiger partial charge in [-0.2, -0.15) is 0 Å². The van der Waals surface area contributed by atoms with Crippen molar-refractivity contribution < 1.29 is 9.59 Å². The van der Waals surface area contributed by atoms with Crippen LogP contribution in [0.3, 0.4) is 0 Å². The highest BCUT2D eigenvalue weighted by molar-refractivity contribution is 5.95. The molecule has 0 saturated carbocycles. The van der Waals surface area contributed by atoms with E-state index < -0.39 is 0 Å². The highest BCUT2D eigenvalue weighted by Gasteiger charge is 2.11. The number of rotatable bonds is 10. The van der Waals surface area contributed by atoms with Gasteiger partial charge in [0.2, 0.25) is 0 Å². The molecular formula is C25H35N3O2. The van der Waals surface area contributed by atoms with Crippen LogP contribution in [-0.2, 0) is 13.1 Å². The van der Waals surface area contributed by atoms with Crippen LogP contribution in [0.15, 0.2) is 48.5 Å². The molecule has 0 aliphatic heterocycles. The molecule has 1 unspecified atom stereocenters. The maximum atomic E-state index is 12.5. The molecule has 0 radical (unpaired) electrons. The fourth-order valence-corrected chi connectivity index (χ4v) is 3.17. The van der Waals surface area contributed by atoms with Gasteiger partial charge in [-0.05, 0) is 69.1 Å². The Hall–Kier alpha value is -2.66. The molecule has 30 heavy (non-hydrogen) atoms. The average Bonchev–Trinajstić information content (AvgIpc) is 2.76. The summed E-state index contributed by atoms with van der Waals surface area (Å²) in [5, 5.41) is 5.91. The molecule has 0 aromatic heterocycles. The number of carbonyl (C=O) groups is 2. The zero-order valence-electron chi connectivity index (χ0n) is 18.9. The molecule has 2 amide bonds. The lowest BCUT2D eigenvalue weighted by molar-refractivity contribution is 0.0936. The first kappa shape index (κ1) is 23.6. The van der Waals surface area contributed by atoms with Crippen molar-refractivity contribution in [3.05, 3.63) is 70.8 Å². The molecule has 2 N–H and O–H groups in total. The van der Waals surface area contributed by atoms with E-state index in [2.05, 4.69) is 36.3 Å². The molecular weight excluding hydrogens is 374 g/mol. The van der Waals surface area contributed by atoms with Crippen LogP contribution in [0.4, 0.5) is 0 Å². The van der Waals surface area contributed by atoms with Gasteiger partial charge in [0, 0.05) is 36.3 Å². The Morgan fingerprint density at radius 1 is 0.900 bits per heavy atom. The fourth-order valence-electron chi connectivity index (χ4n) is 3.17. The van der Waals surface area contributed by atoms with Crippen LogP contribution in [-0.4, -0.2) is 35.3 Å². The largest absolute Gasteiger partial charge is 0.350 e. The maximum Gasteiger partial charge on any atom is 0.251 e. The molecule has 0 heterocycles. The number of nitrogens with zero attached hydrogens (tertiary/aromatic N) is 1. The Labute approximate surface area is 180 Å². The summed E-state index contributed by atoms with van der Waals surface area (Å²) in [5.41, 5.74) is 3.34. The Morgan fingerprint density at radius 2 is 1.60 bits per heavy atom. The Bertz CT molecular complexity index is 831. The normalized spacial score (nSPS) is 12.1. The average molecular weight is 410 g/mol. The predicted octanol–water partition coefficient (Wildman–Crippen LogP) is 4.38. The zero-order valence-corrected chi connectivity index (χ0v) is 18.9. The van der Waals surface area contributed by atoms with Crippen LogP contribution in [0.5, 0.6) is 0 Å². The van der Waals surface area contributed by atoms with Crippen molar-refractivity contribution in [2.75, 3.05) is 6.54 Å². The first-order chi connectivity index (χ1) is 14.3. The summed E-state index contributed by atoms with van der Waals surface area (Å²) in [7, 11) is 0. The van der Waals surface area contributed by atoms with Crippen molar-refractivity contribution in [2.45, 2.75) is 66.2 Å². The standard InChI is InChI=1S/C25H35N3O2/c1-6-19(5)27-25(30)23-10-8-9-21(15-23)16-26-24(29)22-13-11-20(12-14-22)17-28(7-2)18(3)4/h8-15,18-19H,6-7,16-17H2,1-5H3,(H,26,29)(H,27,30). The molecule has 0 bridgehead atoms. The second-order valence-corrected chi connectivity index (χ2v) is 8.02. The molecule has 0 saturated heterocycles. The Morgan fingerprint density at radius 3 is 2.20 bits per heavy atom. The van der Waals surface area contributed by atoms with E-state index in [0.29, 0.717) is 23.7 Å². The lowest BCUT2D eigenvalue weighted by Gasteiger charge is -2.24. The van der Waals surface area contributed by atoms with Gasteiger partial charge in [0.25, 0.3) is 11.8 Å². The van der Waals surface area contributed by atoms with Gasteiger partial charge in [-0.1, -0.05) is 38.1 Å². The summed E-state index contributed by atoms with van der Waals surface area (Å²) in [4.78, 5) is 27.2. The van der Waals surface area contributed by atoms with E-state index in [1.54, 1.807) is 6.07 Å². The topological polar surface area (TPSA) is 61.4 Å². The maximum absolute atomic E-state index is 12.5. The van der Waals surface area contributed by atoms with E-state index >= 15 is 0 Å². The molecule has 0 aliphatic carbocycles. The van der Waals surface area contributed by atoms with E-state index in [0.717, 1.165) is 25.1 Å². The molecule has 1 atom stereocenters. The summed E-state index contributed by atoms with van der Waals surface area (Å²) in [6.45, 7) is 12.8. The van der Waals surface area contributed by atoms with Crippen molar-refractivity contribution in [1.29, 1.82) is 0 Å². The fraction of sp³-hybridized carbons (Fsp3) is 0.440. The molecule has 0 spiro atoms. The summed E-state index contributed by atoms with van der Waals surface area (Å²) in [5.74, 6) is -0.206. The highest BCUT2D eigenvalue weighted by Crippen LogP contribution is 2.11. The van der Waals surface area contributed by atoms with Gasteiger partial charge in [0.05, 0.1) is 0 Å². The Balaban J connectivity index is 1.94. The van der Waals surface area contributed by atoms with E-state index in [-0.39, 0.29) is 17.9 Å². The van der Waals surface area contributed by atoms with Crippen molar-refractivity contribution in [1.82, 2.24) is 15.5 Å². The SMILES string of the molecule is CCC(C)NC(=O)c1cccc(CNC(=O)c2ccc(CN(CC)C(C)C)cc2)c1. The summed E-state index contributed by atoms with van der Waals surface area (Å²) in [6, 6.07) is 15.8. The van der Waals surface area contributed by atoms with Crippen LogP contribution in [0.1, 0.15) is 72.9 Å². The van der Waals surface area contributed by atoms with Gasteiger partial charge in [0.1, 0.15) is 0 Å². The van der Waals surface area contributed by atoms with Gasteiger partial charge in [0.15, 0.2) is 0 Å². The van der Waals surface area contributed by atoms with Crippen LogP contribution in [0.25, 0.3) is 0 Å². The van der Waals surface area contributed by atoms with E-state index in [1.165, 1.54) is 5.56 Å². The van der Waals surface area contributed by atoms with Gasteiger partial charge in [-0.25, -0.2) is 0 Å². The van der Waals surface area contributed by atoms with Crippen LogP contribution in [0.2, 0.25) is 0 Å². The van der Waals surface area contributed by atoms with Crippen LogP contribution < -0.4 is 10.6 Å². The van der Waals surface area contributed by atoms with Gasteiger partial charge >= 0.3 is 0 Å². The number of carbonyl (C=O) groups excluding carboxylic acids is 2. The summed E-state index contributed by atoms with van der Waals surface area (Å²) in [6.07, 6.45) is 0.883. The van der Waals surface area contributed by atoms with Gasteiger partial charge in [-0.3, -0.25) is 14.5 Å². The number of amides is 2. The van der Waals surface area contributed by atoms with Crippen molar-refractivity contribution in [3.63, 3.8) is 0 Å². The minimum absolute atomic E-state index is 0.0874. The van der Waals surface area contributed by atoms with Crippen molar-refractivity contribution >= 4 is 11.8 Å². The number of hydrogen-bond acceptors (Lipinski definition) is 3. The van der Waals surface area contributed by atoms with Gasteiger partial charge < -0.3 is 10.6 Å². The molecule has 2 aromatic rings. The molecule has 5 heteroatoms. The number of nitrogens with one attached hydrogen (secondary N) is 2. The monoisotopic (exact) mass is 409 g/mol. The van der Waals surface area contributed by atoms with Crippen molar-refractivity contribution in [3.8, 4) is 0 Å². The third-order valence-electron chi connectivity index (χ3n) is 5.37. The molecule has 162 valence electrons. The molecule has 0 fully saturated rings. The first-order valence-electron chi connectivity index (χ1n) is 10.8. The molecule has 0 aliphatic rings. The van der Waals surface area contributed by atoms with Crippen LogP contribution in [0, 0.1) is 0 Å². The third kappa shape index (κ3) is 6.99. The quantitative estimate of drug-likeness (QED) is 0.612. The molecule has 5 nitrogen and oxygen atoms in total. The third-order valence-corrected chi connectivity index (χ3v) is 5.37. The molecule has 2 aromatic carbocycles. The summed E-state index contributed by atoms with van der Waals surface area (Å²) < 4.78 is 0. The molecule has 2 rings (SSSR count). The van der Waals surface area contributed by atoms with Crippen LogP contribution >= 0.6 is 0 Å². The Kier molecular flexibility index (Phi) is 9.06. The van der Waals surface area contributed by atoms with E-state index in [4.69, 9.17) is 0 Å². The minimum Gasteiger partial charge on any atom is -0.350 e. The highest BCUT2D eigenvalue weighted by atomic mass is 16.2. The lowest BCUT2D eigenvalue weighted by Crippen LogP contribution is -2.32. The smallest absolute Gasteiger partial charge is 0.251 e. The van der Waals surface area contributed by atoms with Gasteiger partial charge in [-0.15, -0.1) is 0 Å². The second kappa shape index (κ2) is 11.5. The minimum atomic E-state index is -0.118. The van der Waals surface area contributed by atoms with E-state index in [1.807, 2.05) is 56.3 Å². The first-order valence-corrected chi connectivity index (χ1v) is 10.8. The zero-order chi connectivity index (χ0) is 22.1. The van der Waals surface area contributed by atoms with E-state index in [9.17, 15) is 9.59 Å². The summed E-state index contributed by atoms with van der Waals surface area (Å²) >= 11 is 0. The second-order valence-electron chi connectivity index (χ2n) is 8.02.